The van der Waals surface area contributed by atoms with Crippen LogP contribution in [0.4, 0.5) is 19.0 Å². The van der Waals surface area contributed by atoms with E-state index in [2.05, 4.69) is 20.6 Å². The highest BCUT2D eigenvalue weighted by molar-refractivity contribution is 7.13. The zero-order valence-corrected chi connectivity index (χ0v) is 14.8. The van der Waals surface area contributed by atoms with Gasteiger partial charge < -0.3 is 5.32 Å². The largest absolute Gasteiger partial charge is 0.435 e. The lowest BCUT2D eigenvalue weighted by atomic mass is 10.1. The molecule has 0 aliphatic rings. The molecular weight excluding hydrogens is 367 g/mol. The number of carbonyl (C=O) groups is 1. The number of aryl methyl sites for hydroxylation is 1. The summed E-state index contributed by atoms with van der Waals surface area (Å²) in [7, 11) is 0. The van der Waals surface area contributed by atoms with Crippen LogP contribution in [-0.2, 0) is 17.4 Å². The molecule has 0 aliphatic heterocycles. The third-order valence-corrected chi connectivity index (χ3v) is 4.77. The predicted octanol–water partition coefficient (Wildman–Crippen LogP) is 4.12. The number of carbonyl (C=O) groups excluding carboxylic acids is 1. The normalized spacial score (nSPS) is 13.0. The third-order valence-electron chi connectivity index (χ3n) is 3.88. The van der Waals surface area contributed by atoms with Crippen LogP contribution in [0.25, 0.3) is 10.4 Å². The van der Waals surface area contributed by atoms with Gasteiger partial charge in [-0.05, 0) is 30.9 Å². The number of nitrogens with zero attached hydrogens (tertiary/aromatic N) is 3. The van der Waals surface area contributed by atoms with Crippen molar-refractivity contribution < 1.29 is 18.0 Å². The summed E-state index contributed by atoms with van der Waals surface area (Å²) in [4.78, 5) is 13.4. The van der Waals surface area contributed by atoms with E-state index in [0.29, 0.717) is 12.2 Å². The van der Waals surface area contributed by atoms with Gasteiger partial charge in [0.1, 0.15) is 6.04 Å². The molecule has 0 aromatic carbocycles. The van der Waals surface area contributed by atoms with E-state index in [4.69, 9.17) is 0 Å². The lowest BCUT2D eigenvalue weighted by Crippen LogP contribution is -2.25. The molecule has 1 amide bonds. The SMILES string of the molecule is CCc1[nH]nc(NC(=O)C(C)n2ccc(C(F)(F)F)n2)c1-c1cccs1. The van der Waals surface area contributed by atoms with Crippen LogP contribution in [0.1, 0.15) is 31.3 Å². The van der Waals surface area contributed by atoms with Crippen molar-refractivity contribution in [2.45, 2.75) is 32.5 Å². The van der Waals surface area contributed by atoms with Gasteiger partial charge in [-0.2, -0.15) is 23.4 Å². The highest BCUT2D eigenvalue weighted by atomic mass is 32.1. The fourth-order valence-corrected chi connectivity index (χ4v) is 3.26. The molecule has 0 fully saturated rings. The van der Waals surface area contributed by atoms with E-state index in [0.717, 1.165) is 33.1 Å². The maximum absolute atomic E-state index is 12.7. The quantitative estimate of drug-likeness (QED) is 0.696. The molecule has 3 heterocycles. The summed E-state index contributed by atoms with van der Waals surface area (Å²) >= 11 is 1.51. The summed E-state index contributed by atoms with van der Waals surface area (Å²) in [5.41, 5.74) is 0.623. The second kappa shape index (κ2) is 6.94. The molecule has 138 valence electrons. The molecule has 0 radical (unpaired) electrons. The Balaban J connectivity index is 1.82. The molecule has 3 aromatic heterocycles. The first-order chi connectivity index (χ1) is 12.3. The van der Waals surface area contributed by atoms with Crippen LogP contribution in [0.3, 0.4) is 0 Å². The smallest absolute Gasteiger partial charge is 0.307 e. The number of amides is 1. The zero-order valence-electron chi connectivity index (χ0n) is 14.0. The molecule has 0 saturated carbocycles. The predicted molar refractivity (Wildman–Crippen MR) is 91.8 cm³/mol. The van der Waals surface area contributed by atoms with Crippen LogP contribution in [0.5, 0.6) is 0 Å². The molecule has 26 heavy (non-hydrogen) atoms. The highest BCUT2D eigenvalue weighted by Crippen LogP contribution is 2.34. The van der Waals surface area contributed by atoms with Gasteiger partial charge in [-0.3, -0.25) is 14.6 Å². The molecule has 1 atom stereocenters. The Morgan fingerprint density at radius 3 is 2.77 bits per heavy atom. The first kappa shape index (κ1) is 18.2. The van der Waals surface area contributed by atoms with Gasteiger partial charge >= 0.3 is 6.18 Å². The van der Waals surface area contributed by atoms with Gasteiger partial charge in [-0.25, -0.2) is 0 Å². The van der Waals surface area contributed by atoms with E-state index < -0.39 is 23.8 Å². The monoisotopic (exact) mass is 383 g/mol. The Morgan fingerprint density at radius 2 is 2.19 bits per heavy atom. The third kappa shape index (κ3) is 3.50. The lowest BCUT2D eigenvalue weighted by Gasteiger charge is -2.12. The Kier molecular flexibility index (Phi) is 4.86. The number of thiophene rings is 1. The second-order valence-electron chi connectivity index (χ2n) is 5.60. The van der Waals surface area contributed by atoms with Crippen molar-refractivity contribution in [3.8, 4) is 10.4 Å². The molecule has 6 nitrogen and oxygen atoms in total. The first-order valence-corrected chi connectivity index (χ1v) is 8.73. The molecule has 3 rings (SSSR count). The highest BCUT2D eigenvalue weighted by Gasteiger charge is 2.34. The average molecular weight is 383 g/mol. The number of hydrogen-bond acceptors (Lipinski definition) is 4. The Morgan fingerprint density at radius 1 is 1.42 bits per heavy atom. The van der Waals surface area contributed by atoms with Gasteiger partial charge in [0.2, 0.25) is 5.91 Å². The van der Waals surface area contributed by atoms with Crippen molar-refractivity contribution in [1.82, 2.24) is 20.0 Å². The molecule has 10 heteroatoms. The number of H-pyrrole nitrogens is 1. The van der Waals surface area contributed by atoms with Crippen molar-refractivity contribution in [2.24, 2.45) is 0 Å². The van der Waals surface area contributed by atoms with Crippen LogP contribution >= 0.6 is 11.3 Å². The molecule has 3 aromatic rings. The second-order valence-corrected chi connectivity index (χ2v) is 6.55. The van der Waals surface area contributed by atoms with Gasteiger partial charge in [0.15, 0.2) is 11.5 Å². The molecular formula is C16H16F3N5OS. The van der Waals surface area contributed by atoms with E-state index in [1.54, 1.807) is 0 Å². The number of anilines is 1. The minimum atomic E-state index is -4.55. The van der Waals surface area contributed by atoms with Crippen molar-refractivity contribution in [2.75, 3.05) is 5.32 Å². The number of nitrogens with one attached hydrogen (secondary N) is 2. The number of aromatic amines is 1. The average Bonchev–Trinajstić information content (AvgIpc) is 3.32. The summed E-state index contributed by atoms with van der Waals surface area (Å²) in [6, 6.07) is 3.72. The van der Waals surface area contributed by atoms with Gasteiger partial charge in [0.05, 0.1) is 5.56 Å². The first-order valence-electron chi connectivity index (χ1n) is 7.85. The van der Waals surface area contributed by atoms with E-state index in [1.807, 2.05) is 24.4 Å². The fraction of sp³-hybridized carbons (Fsp3) is 0.312. The Labute approximate surface area is 151 Å². The van der Waals surface area contributed by atoms with Crippen LogP contribution < -0.4 is 5.32 Å². The van der Waals surface area contributed by atoms with Crippen LogP contribution in [0, 0.1) is 0 Å². The maximum atomic E-state index is 12.7. The molecule has 1 unspecified atom stereocenters. The van der Waals surface area contributed by atoms with Crippen LogP contribution in [0.2, 0.25) is 0 Å². The molecule has 0 saturated heterocycles. The van der Waals surface area contributed by atoms with E-state index >= 15 is 0 Å². The van der Waals surface area contributed by atoms with E-state index in [1.165, 1.54) is 18.3 Å². The number of rotatable bonds is 5. The van der Waals surface area contributed by atoms with Crippen molar-refractivity contribution in [3.63, 3.8) is 0 Å². The summed E-state index contributed by atoms with van der Waals surface area (Å²) in [5.74, 6) is -0.155. The van der Waals surface area contributed by atoms with Gasteiger partial charge in [0, 0.05) is 16.8 Å². The lowest BCUT2D eigenvalue weighted by molar-refractivity contribution is -0.141. The number of alkyl halides is 3. The van der Waals surface area contributed by atoms with E-state index in [9.17, 15) is 18.0 Å². The van der Waals surface area contributed by atoms with Crippen molar-refractivity contribution in [1.29, 1.82) is 0 Å². The summed E-state index contributed by atoms with van der Waals surface area (Å²) in [6.45, 7) is 3.43. The standard InChI is InChI=1S/C16H16F3N5OS/c1-3-10-13(11-5-4-8-26-11)14(22-21-10)20-15(25)9(2)24-7-6-12(23-24)16(17,18)19/h4-9H,3H2,1-2H3,(H2,20,21,22,25). The number of hydrogen-bond donors (Lipinski definition) is 2. The van der Waals surface area contributed by atoms with Gasteiger partial charge in [-0.1, -0.05) is 13.0 Å². The van der Waals surface area contributed by atoms with Crippen molar-refractivity contribution >= 4 is 23.1 Å². The molecule has 2 N–H and O–H groups in total. The number of aromatic nitrogens is 4. The summed E-state index contributed by atoms with van der Waals surface area (Å²) in [5, 5.41) is 15.1. The molecule has 0 bridgehead atoms. The summed E-state index contributed by atoms with van der Waals surface area (Å²) < 4.78 is 39.0. The summed E-state index contributed by atoms with van der Waals surface area (Å²) in [6.07, 6.45) is -2.72. The zero-order chi connectivity index (χ0) is 18.9. The minimum absolute atomic E-state index is 0.351. The van der Waals surface area contributed by atoms with Crippen LogP contribution in [-0.4, -0.2) is 25.9 Å². The molecule has 0 spiro atoms. The van der Waals surface area contributed by atoms with Crippen LogP contribution in [0.15, 0.2) is 29.8 Å². The minimum Gasteiger partial charge on any atom is -0.307 e. The van der Waals surface area contributed by atoms with E-state index in [-0.39, 0.29) is 0 Å². The Bertz CT molecular complexity index is 898. The van der Waals surface area contributed by atoms with Crippen molar-refractivity contribution in [3.05, 3.63) is 41.2 Å². The molecule has 0 aliphatic carbocycles. The van der Waals surface area contributed by atoms with Gasteiger partial charge in [-0.15, -0.1) is 11.3 Å². The maximum Gasteiger partial charge on any atom is 0.435 e. The topological polar surface area (TPSA) is 75.6 Å². The fourth-order valence-electron chi connectivity index (χ4n) is 2.46. The number of halogens is 3. The van der Waals surface area contributed by atoms with Gasteiger partial charge in [0.25, 0.3) is 0 Å². The Hall–Kier alpha value is -2.62.